The molecular formula is C21H20Cl2N2O2. The smallest absolute Gasteiger partial charge is 0.125 e. The highest BCUT2D eigenvalue weighted by Gasteiger charge is 2.30. The SMILES string of the molecule is COc1ccc2cnccc2c1C(OC1CCCC1)c1c(Cl)cncc1Cl. The van der Waals surface area contributed by atoms with Crippen LogP contribution in [0, 0.1) is 0 Å². The summed E-state index contributed by atoms with van der Waals surface area (Å²) in [4.78, 5) is 8.33. The summed E-state index contributed by atoms with van der Waals surface area (Å²) in [5, 5.41) is 2.99. The van der Waals surface area contributed by atoms with E-state index < -0.39 is 6.10 Å². The number of hydrogen-bond acceptors (Lipinski definition) is 4. The van der Waals surface area contributed by atoms with E-state index in [1.54, 1.807) is 25.7 Å². The molecule has 1 aliphatic rings. The van der Waals surface area contributed by atoms with Crippen LogP contribution in [0.3, 0.4) is 0 Å². The van der Waals surface area contributed by atoms with Crippen LogP contribution >= 0.6 is 23.2 Å². The van der Waals surface area contributed by atoms with Gasteiger partial charge in [-0.1, -0.05) is 36.0 Å². The molecule has 0 aliphatic heterocycles. The first kappa shape index (κ1) is 18.5. The number of ether oxygens (including phenoxy) is 2. The van der Waals surface area contributed by atoms with Crippen LogP contribution in [-0.2, 0) is 4.74 Å². The topological polar surface area (TPSA) is 44.2 Å². The van der Waals surface area contributed by atoms with Crippen LogP contribution in [0.2, 0.25) is 10.0 Å². The molecule has 1 aromatic carbocycles. The second-order valence-corrected chi connectivity index (χ2v) is 7.53. The van der Waals surface area contributed by atoms with Gasteiger partial charge in [-0.15, -0.1) is 0 Å². The van der Waals surface area contributed by atoms with Crippen LogP contribution in [0.1, 0.15) is 42.9 Å². The van der Waals surface area contributed by atoms with Crippen molar-refractivity contribution in [3.63, 3.8) is 0 Å². The van der Waals surface area contributed by atoms with Crippen molar-refractivity contribution in [1.29, 1.82) is 0 Å². The molecule has 0 spiro atoms. The van der Waals surface area contributed by atoms with Crippen LogP contribution in [0.4, 0.5) is 0 Å². The largest absolute Gasteiger partial charge is 0.496 e. The van der Waals surface area contributed by atoms with E-state index in [-0.39, 0.29) is 6.10 Å². The minimum absolute atomic E-state index is 0.164. The summed E-state index contributed by atoms with van der Waals surface area (Å²) in [6.07, 6.45) is 10.9. The van der Waals surface area contributed by atoms with Gasteiger partial charge < -0.3 is 9.47 Å². The maximum Gasteiger partial charge on any atom is 0.125 e. The quantitative estimate of drug-likeness (QED) is 0.525. The van der Waals surface area contributed by atoms with Gasteiger partial charge in [0.25, 0.3) is 0 Å². The number of pyridine rings is 2. The van der Waals surface area contributed by atoms with Crippen molar-refractivity contribution in [2.24, 2.45) is 0 Å². The van der Waals surface area contributed by atoms with Gasteiger partial charge >= 0.3 is 0 Å². The monoisotopic (exact) mass is 402 g/mol. The second kappa shape index (κ2) is 8.01. The van der Waals surface area contributed by atoms with Crippen molar-refractivity contribution < 1.29 is 9.47 Å². The Morgan fingerprint density at radius 3 is 2.41 bits per heavy atom. The van der Waals surface area contributed by atoms with E-state index >= 15 is 0 Å². The van der Waals surface area contributed by atoms with Crippen molar-refractivity contribution in [3.05, 3.63) is 64.2 Å². The Labute approximate surface area is 168 Å². The molecule has 1 fully saturated rings. The summed E-state index contributed by atoms with van der Waals surface area (Å²) in [6, 6.07) is 5.90. The molecule has 1 saturated carbocycles. The molecule has 2 heterocycles. The Kier molecular flexibility index (Phi) is 5.48. The van der Waals surface area contributed by atoms with Crippen LogP contribution in [-0.4, -0.2) is 23.2 Å². The standard InChI is InChI=1S/C21H20Cl2N2O2/c1-26-18-7-6-13-10-24-9-8-15(13)19(18)21(27-14-4-2-3-5-14)20-16(22)11-25-12-17(20)23/h6-12,14,21H,2-5H2,1H3. The van der Waals surface area contributed by atoms with E-state index in [9.17, 15) is 0 Å². The fraction of sp³-hybridized carbons (Fsp3) is 0.333. The molecule has 1 aliphatic carbocycles. The number of halogens is 2. The molecule has 140 valence electrons. The van der Waals surface area contributed by atoms with Gasteiger partial charge in [-0.3, -0.25) is 9.97 Å². The number of aromatic nitrogens is 2. The molecular weight excluding hydrogens is 383 g/mol. The Hall–Kier alpha value is -1.88. The molecule has 2 aromatic heterocycles. The highest BCUT2D eigenvalue weighted by Crippen LogP contribution is 2.44. The molecule has 4 nitrogen and oxygen atoms in total. The third-order valence-electron chi connectivity index (χ3n) is 5.09. The highest BCUT2D eigenvalue weighted by atomic mass is 35.5. The second-order valence-electron chi connectivity index (χ2n) is 6.72. The summed E-state index contributed by atoms with van der Waals surface area (Å²) < 4.78 is 12.3. The normalized spacial score (nSPS) is 16.0. The van der Waals surface area contributed by atoms with Crippen LogP contribution < -0.4 is 4.74 Å². The van der Waals surface area contributed by atoms with Gasteiger partial charge in [0.05, 0.1) is 23.3 Å². The first-order valence-electron chi connectivity index (χ1n) is 9.04. The zero-order chi connectivity index (χ0) is 18.8. The lowest BCUT2D eigenvalue weighted by molar-refractivity contribution is 0.0125. The van der Waals surface area contributed by atoms with E-state index in [2.05, 4.69) is 9.97 Å². The molecule has 0 N–H and O–H groups in total. The molecule has 1 unspecified atom stereocenters. The summed E-state index contributed by atoms with van der Waals surface area (Å²) in [7, 11) is 1.66. The Balaban J connectivity index is 1.94. The van der Waals surface area contributed by atoms with E-state index in [0.29, 0.717) is 10.0 Å². The first-order chi connectivity index (χ1) is 13.2. The molecule has 0 saturated heterocycles. The lowest BCUT2D eigenvalue weighted by Gasteiger charge is -2.27. The molecule has 0 radical (unpaired) electrons. The highest BCUT2D eigenvalue weighted by molar-refractivity contribution is 6.35. The lowest BCUT2D eigenvalue weighted by atomic mass is 9.95. The molecule has 3 aromatic rings. The fourth-order valence-electron chi connectivity index (χ4n) is 3.79. The number of rotatable bonds is 5. The van der Waals surface area contributed by atoms with Crippen LogP contribution in [0.15, 0.2) is 43.0 Å². The van der Waals surface area contributed by atoms with Gasteiger partial charge in [-0.05, 0) is 36.4 Å². The Morgan fingerprint density at radius 2 is 1.70 bits per heavy atom. The van der Waals surface area contributed by atoms with Gasteiger partial charge in [0.2, 0.25) is 0 Å². The third kappa shape index (κ3) is 3.62. The van der Waals surface area contributed by atoms with E-state index in [4.69, 9.17) is 32.7 Å². The molecule has 0 amide bonds. The van der Waals surface area contributed by atoms with Gasteiger partial charge in [0.1, 0.15) is 11.9 Å². The van der Waals surface area contributed by atoms with Gasteiger partial charge in [0, 0.05) is 41.3 Å². The first-order valence-corrected chi connectivity index (χ1v) is 9.79. The van der Waals surface area contributed by atoms with Crippen molar-refractivity contribution in [3.8, 4) is 5.75 Å². The van der Waals surface area contributed by atoms with Crippen molar-refractivity contribution in [1.82, 2.24) is 9.97 Å². The fourth-order valence-corrected chi connectivity index (χ4v) is 4.35. The summed E-state index contributed by atoms with van der Waals surface area (Å²) >= 11 is 13.1. The van der Waals surface area contributed by atoms with Gasteiger partial charge in [-0.25, -0.2) is 0 Å². The molecule has 4 rings (SSSR count). The summed E-state index contributed by atoms with van der Waals surface area (Å²) in [5.41, 5.74) is 1.64. The van der Waals surface area contributed by atoms with Crippen LogP contribution in [0.5, 0.6) is 5.75 Å². The number of methoxy groups -OCH3 is 1. The zero-order valence-corrected chi connectivity index (χ0v) is 16.5. The van der Waals surface area contributed by atoms with Crippen molar-refractivity contribution in [2.75, 3.05) is 7.11 Å². The average Bonchev–Trinajstić information content (AvgIpc) is 3.19. The summed E-state index contributed by atoms with van der Waals surface area (Å²) in [6.45, 7) is 0. The number of nitrogens with zero attached hydrogens (tertiary/aromatic N) is 2. The van der Waals surface area contributed by atoms with Gasteiger partial charge in [0.15, 0.2) is 0 Å². The van der Waals surface area contributed by atoms with Crippen LogP contribution in [0.25, 0.3) is 10.8 Å². The minimum atomic E-state index is -0.447. The Bertz CT molecular complexity index is 938. The third-order valence-corrected chi connectivity index (χ3v) is 5.69. The predicted molar refractivity (Wildman–Crippen MR) is 108 cm³/mol. The lowest BCUT2D eigenvalue weighted by Crippen LogP contribution is -2.17. The zero-order valence-electron chi connectivity index (χ0n) is 15.0. The average molecular weight is 403 g/mol. The predicted octanol–water partition coefficient (Wildman–Crippen LogP) is 5.99. The summed E-state index contributed by atoms with van der Waals surface area (Å²) in [5.74, 6) is 0.737. The van der Waals surface area contributed by atoms with E-state index in [1.807, 2.05) is 24.4 Å². The van der Waals surface area contributed by atoms with E-state index in [0.717, 1.165) is 40.5 Å². The maximum atomic E-state index is 6.60. The van der Waals surface area contributed by atoms with Crippen molar-refractivity contribution in [2.45, 2.75) is 37.9 Å². The number of hydrogen-bond donors (Lipinski definition) is 0. The number of benzene rings is 1. The molecule has 27 heavy (non-hydrogen) atoms. The number of fused-ring (bicyclic) bond motifs is 1. The molecule has 0 bridgehead atoms. The van der Waals surface area contributed by atoms with E-state index in [1.165, 1.54) is 12.8 Å². The van der Waals surface area contributed by atoms with Crippen molar-refractivity contribution >= 4 is 34.0 Å². The molecule has 6 heteroatoms. The Morgan fingerprint density at radius 1 is 0.963 bits per heavy atom. The molecule has 1 atom stereocenters. The minimum Gasteiger partial charge on any atom is -0.496 e. The van der Waals surface area contributed by atoms with Gasteiger partial charge in [-0.2, -0.15) is 0 Å². The maximum absolute atomic E-state index is 6.60.